The minimum absolute atomic E-state index is 0.00821. The van der Waals surface area contributed by atoms with E-state index in [9.17, 15) is 13.2 Å². The molecule has 0 aromatic heterocycles. The lowest BCUT2D eigenvalue weighted by molar-refractivity contribution is 0.0526. The van der Waals surface area contributed by atoms with Gasteiger partial charge in [0.25, 0.3) is 10.0 Å². The standard InChI is InChI=1S/C15H14ClNO4S/c1-2-21-15(18)11-7-9-12(10-8-11)17-22(19,20)14-6-4-3-5-13(14)16/h3-10,17H,2H2,1H3. The molecule has 0 fully saturated rings. The molecule has 1 N–H and O–H groups in total. The molecule has 0 atom stereocenters. The third-order valence-electron chi connectivity index (χ3n) is 2.77. The van der Waals surface area contributed by atoms with E-state index < -0.39 is 16.0 Å². The van der Waals surface area contributed by atoms with Crippen molar-refractivity contribution in [1.82, 2.24) is 0 Å². The molecular formula is C15H14ClNO4S. The van der Waals surface area contributed by atoms with E-state index in [4.69, 9.17) is 16.3 Å². The van der Waals surface area contributed by atoms with Crippen molar-refractivity contribution in [2.75, 3.05) is 11.3 Å². The molecule has 7 heteroatoms. The molecule has 0 spiro atoms. The van der Waals surface area contributed by atoms with Gasteiger partial charge in [0.05, 0.1) is 17.2 Å². The minimum Gasteiger partial charge on any atom is -0.462 e. The lowest BCUT2D eigenvalue weighted by Gasteiger charge is -2.09. The predicted molar refractivity (Wildman–Crippen MR) is 84.7 cm³/mol. The molecule has 2 aromatic rings. The van der Waals surface area contributed by atoms with E-state index in [0.29, 0.717) is 11.3 Å². The Morgan fingerprint density at radius 3 is 2.36 bits per heavy atom. The molecule has 0 aliphatic carbocycles. The minimum atomic E-state index is -3.79. The first-order valence-electron chi connectivity index (χ1n) is 6.48. The highest BCUT2D eigenvalue weighted by atomic mass is 35.5. The Hall–Kier alpha value is -2.05. The fraction of sp³-hybridized carbons (Fsp3) is 0.133. The summed E-state index contributed by atoms with van der Waals surface area (Å²) in [5.74, 6) is -0.456. The molecule has 0 bridgehead atoms. The normalized spacial score (nSPS) is 11.0. The van der Waals surface area contributed by atoms with Crippen LogP contribution in [0.5, 0.6) is 0 Å². The summed E-state index contributed by atoms with van der Waals surface area (Å²) in [6, 6.07) is 12.1. The van der Waals surface area contributed by atoms with Crippen LogP contribution in [0.25, 0.3) is 0 Å². The number of hydrogen-bond donors (Lipinski definition) is 1. The summed E-state index contributed by atoms with van der Waals surface area (Å²) in [4.78, 5) is 11.5. The molecule has 22 heavy (non-hydrogen) atoms. The van der Waals surface area contributed by atoms with E-state index in [-0.39, 0.29) is 16.5 Å². The molecule has 0 saturated heterocycles. The van der Waals surface area contributed by atoms with Gasteiger partial charge < -0.3 is 4.74 Å². The van der Waals surface area contributed by atoms with Gasteiger partial charge in [0.1, 0.15) is 4.90 Å². The predicted octanol–water partition coefficient (Wildman–Crippen LogP) is 3.32. The van der Waals surface area contributed by atoms with Crippen molar-refractivity contribution < 1.29 is 17.9 Å². The van der Waals surface area contributed by atoms with E-state index in [1.54, 1.807) is 19.1 Å². The van der Waals surface area contributed by atoms with Crippen molar-refractivity contribution in [2.45, 2.75) is 11.8 Å². The molecule has 0 radical (unpaired) electrons. The number of benzene rings is 2. The molecular weight excluding hydrogens is 326 g/mol. The number of esters is 1. The Bertz CT molecular complexity index is 772. The van der Waals surface area contributed by atoms with Gasteiger partial charge in [-0.05, 0) is 43.3 Å². The Labute approximate surface area is 133 Å². The highest BCUT2D eigenvalue weighted by Gasteiger charge is 2.17. The molecule has 2 aromatic carbocycles. The number of carbonyl (C=O) groups is 1. The Morgan fingerprint density at radius 2 is 1.77 bits per heavy atom. The van der Waals surface area contributed by atoms with Crippen LogP contribution in [0, 0.1) is 0 Å². The van der Waals surface area contributed by atoms with Crippen LogP contribution in [0.1, 0.15) is 17.3 Å². The average Bonchev–Trinajstić information content (AvgIpc) is 2.48. The maximum absolute atomic E-state index is 12.3. The summed E-state index contributed by atoms with van der Waals surface area (Å²) in [6.45, 7) is 1.99. The molecule has 0 saturated carbocycles. The zero-order chi connectivity index (χ0) is 16.2. The first kappa shape index (κ1) is 16.3. The van der Waals surface area contributed by atoms with Crippen molar-refractivity contribution in [3.05, 3.63) is 59.1 Å². The summed E-state index contributed by atoms with van der Waals surface area (Å²) >= 11 is 5.90. The number of hydrogen-bond acceptors (Lipinski definition) is 4. The van der Waals surface area contributed by atoms with Gasteiger partial charge in [-0.1, -0.05) is 23.7 Å². The van der Waals surface area contributed by atoms with Crippen LogP contribution in [0.3, 0.4) is 0 Å². The number of anilines is 1. The van der Waals surface area contributed by atoms with E-state index in [0.717, 1.165) is 0 Å². The Morgan fingerprint density at radius 1 is 1.14 bits per heavy atom. The number of sulfonamides is 1. The maximum atomic E-state index is 12.3. The number of ether oxygens (including phenoxy) is 1. The molecule has 5 nitrogen and oxygen atoms in total. The van der Waals surface area contributed by atoms with Crippen molar-refractivity contribution in [1.29, 1.82) is 0 Å². The molecule has 2 rings (SSSR count). The van der Waals surface area contributed by atoms with Crippen molar-refractivity contribution in [2.24, 2.45) is 0 Å². The Kier molecular flexibility index (Phi) is 5.05. The summed E-state index contributed by atoms with van der Waals surface area (Å²) < 4.78 is 31.8. The maximum Gasteiger partial charge on any atom is 0.338 e. The van der Waals surface area contributed by atoms with Crippen LogP contribution in [0.4, 0.5) is 5.69 Å². The van der Waals surface area contributed by atoms with Gasteiger partial charge in [0.15, 0.2) is 0 Å². The van der Waals surface area contributed by atoms with Gasteiger partial charge in [0.2, 0.25) is 0 Å². The highest BCUT2D eigenvalue weighted by molar-refractivity contribution is 7.92. The molecule has 0 heterocycles. The summed E-state index contributed by atoms with van der Waals surface area (Å²) in [5, 5.41) is 0.137. The second kappa shape index (κ2) is 6.81. The van der Waals surface area contributed by atoms with Gasteiger partial charge >= 0.3 is 5.97 Å². The molecule has 0 aliphatic rings. The average molecular weight is 340 g/mol. The largest absolute Gasteiger partial charge is 0.462 e. The number of nitrogens with one attached hydrogen (secondary N) is 1. The SMILES string of the molecule is CCOC(=O)c1ccc(NS(=O)(=O)c2ccccc2Cl)cc1. The fourth-order valence-electron chi connectivity index (χ4n) is 1.76. The van der Waals surface area contributed by atoms with Crippen molar-refractivity contribution in [3.63, 3.8) is 0 Å². The van der Waals surface area contributed by atoms with E-state index in [2.05, 4.69) is 4.72 Å². The third kappa shape index (κ3) is 3.78. The van der Waals surface area contributed by atoms with Gasteiger partial charge in [-0.3, -0.25) is 4.72 Å². The third-order valence-corrected chi connectivity index (χ3v) is 4.66. The fourth-order valence-corrected chi connectivity index (χ4v) is 3.34. The monoisotopic (exact) mass is 339 g/mol. The number of carbonyl (C=O) groups excluding carboxylic acids is 1. The first-order chi connectivity index (χ1) is 10.4. The number of rotatable bonds is 5. The smallest absolute Gasteiger partial charge is 0.338 e. The molecule has 116 valence electrons. The van der Waals surface area contributed by atoms with Crippen LogP contribution >= 0.6 is 11.6 Å². The van der Waals surface area contributed by atoms with Crippen LogP contribution in [0.15, 0.2) is 53.4 Å². The lowest BCUT2D eigenvalue weighted by Crippen LogP contribution is -2.13. The van der Waals surface area contributed by atoms with Crippen LogP contribution < -0.4 is 4.72 Å². The summed E-state index contributed by atoms with van der Waals surface area (Å²) in [7, 11) is -3.79. The first-order valence-corrected chi connectivity index (χ1v) is 8.34. The Balaban J connectivity index is 2.20. The molecule has 0 unspecified atom stereocenters. The van der Waals surface area contributed by atoms with Crippen molar-refractivity contribution in [3.8, 4) is 0 Å². The van der Waals surface area contributed by atoms with E-state index in [1.165, 1.54) is 36.4 Å². The second-order valence-electron chi connectivity index (χ2n) is 4.33. The summed E-state index contributed by atoms with van der Waals surface area (Å²) in [6.07, 6.45) is 0. The summed E-state index contributed by atoms with van der Waals surface area (Å²) in [5.41, 5.74) is 0.676. The quantitative estimate of drug-likeness (QED) is 0.848. The lowest BCUT2D eigenvalue weighted by atomic mass is 10.2. The highest BCUT2D eigenvalue weighted by Crippen LogP contribution is 2.23. The van der Waals surface area contributed by atoms with E-state index in [1.807, 2.05) is 0 Å². The van der Waals surface area contributed by atoms with Crippen molar-refractivity contribution >= 4 is 33.3 Å². The molecule has 0 amide bonds. The van der Waals surface area contributed by atoms with Crippen LogP contribution in [-0.2, 0) is 14.8 Å². The van der Waals surface area contributed by atoms with Gasteiger partial charge in [0, 0.05) is 5.69 Å². The van der Waals surface area contributed by atoms with Gasteiger partial charge in [-0.25, -0.2) is 13.2 Å². The number of halogens is 1. The topological polar surface area (TPSA) is 72.5 Å². The van der Waals surface area contributed by atoms with Gasteiger partial charge in [-0.15, -0.1) is 0 Å². The second-order valence-corrected chi connectivity index (χ2v) is 6.39. The van der Waals surface area contributed by atoms with Crippen LogP contribution in [-0.4, -0.2) is 21.0 Å². The molecule has 0 aliphatic heterocycles. The zero-order valence-corrected chi connectivity index (χ0v) is 13.3. The van der Waals surface area contributed by atoms with Crippen LogP contribution in [0.2, 0.25) is 5.02 Å². The van der Waals surface area contributed by atoms with E-state index >= 15 is 0 Å². The zero-order valence-electron chi connectivity index (χ0n) is 11.7. The van der Waals surface area contributed by atoms with Gasteiger partial charge in [-0.2, -0.15) is 0 Å².